The van der Waals surface area contributed by atoms with Gasteiger partial charge in [-0.25, -0.2) is 4.98 Å². The van der Waals surface area contributed by atoms with Crippen LogP contribution in [0.15, 0.2) is 33.8 Å². The summed E-state index contributed by atoms with van der Waals surface area (Å²) in [5.74, 6) is 1.39. The average molecular weight is 259 g/mol. The van der Waals surface area contributed by atoms with Gasteiger partial charge in [-0.3, -0.25) is 0 Å². The lowest BCUT2D eigenvalue weighted by Gasteiger charge is -2.03. The summed E-state index contributed by atoms with van der Waals surface area (Å²) in [6, 6.07) is 1.47. The third-order valence-electron chi connectivity index (χ3n) is 2.82. The van der Waals surface area contributed by atoms with Gasteiger partial charge < -0.3 is 19.7 Å². The normalized spacial score (nSPS) is 12.7. The van der Waals surface area contributed by atoms with E-state index in [1.807, 2.05) is 13.0 Å². The number of imidazole rings is 1. The topological polar surface area (TPSA) is 107 Å². The Morgan fingerprint density at radius 1 is 1.47 bits per heavy atom. The summed E-state index contributed by atoms with van der Waals surface area (Å²) in [6.45, 7) is 1.92. The minimum Gasteiger partial charge on any atom is -0.461 e. The van der Waals surface area contributed by atoms with Gasteiger partial charge in [0.1, 0.15) is 0 Å². The molecular formula is C12H13N5O2. The first-order valence-electron chi connectivity index (χ1n) is 5.85. The van der Waals surface area contributed by atoms with Crippen molar-refractivity contribution in [3.05, 3.63) is 42.0 Å². The lowest BCUT2D eigenvalue weighted by Crippen LogP contribution is -2.13. The van der Waals surface area contributed by atoms with Gasteiger partial charge in [-0.05, 0) is 18.6 Å². The maximum absolute atomic E-state index is 6.02. The molecule has 0 saturated heterocycles. The molecule has 0 aliphatic rings. The highest BCUT2D eigenvalue weighted by Crippen LogP contribution is 2.23. The number of H-pyrrole nitrogens is 1. The zero-order chi connectivity index (χ0) is 13.2. The van der Waals surface area contributed by atoms with E-state index >= 15 is 0 Å². The Morgan fingerprint density at radius 2 is 2.37 bits per heavy atom. The first-order valence-corrected chi connectivity index (χ1v) is 5.85. The van der Waals surface area contributed by atoms with Crippen LogP contribution in [-0.2, 0) is 6.42 Å². The Bertz CT molecular complexity index is 655. The molecule has 0 fully saturated rings. The smallest absolute Gasteiger partial charge is 0.244 e. The van der Waals surface area contributed by atoms with E-state index in [1.54, 1.807) is 18.8 Å². The van der Waals surface area contributed by atoms with Crippen molar-refractivity contribution in [3.8, 4) is 11.6 Å². The second-order valence-corrected chi connectivity index (χ2v) is 4.28. The minimum atomic E-state index is -0.378. The molecule has 1 atom stereocenters. The number of hydrogen-bond acceptors (Lipinski definition) is 6. The largest absolute Gasteiger partial charge is 0.461 e. The number of aromatic nitrogens is 4. The Labute approximate surface area is 108 Å². The number of nitrogens with zero attached hydrogens (tertiary/aromatic N) is 3. The molecule has 0 spiro atoms. The summed E-state index contributed by atoms with van der Waals surface area (Å²) < 4.78 is 10.5. The van der Waals surface area contributed by atoms with Gasteiger partial charge in [0.15, 0.2) is 5.76 Å². The van der Waals surface area contributed by atoms with Crippen LogP contribution in [-0.4, -0.2) is 20.1 Å². The molecule has 0 aliphatic carbocycles. The third-order valence-corrected chi connectivity index (χ3v) is 2.82. The van der Waals surface area contributed by atoms with Crippen molar-refractivity contribution in [1.82, 2.24) is 20.1 Å². The summed E-state index contributed by atoms with van der Waals surface area (Å²) in [5.41, 5.74) is 7.89. The van der Waals surface area contributed by atoms with Crippen molar-refractivity contribution in [2.45, 2.75) is 19.4 Å². The molecule has 3 N–H and O–H groups in total. The number of aryl methyl sites for hydroxylation is 1. The Balaban J connectivity index is 1.79. The molecule has 3 heterocycles. The molecule has 98 valence electrons. The molecule has 0 radical (unpaired) electrons. The molecule has 0 aromatic carbocycles. The van der Waals surface area contributed by atoms with E-state index in [9.17, 15) is 0 Å². The van der Waals surface area contributed by atoms with Gasteiger partial charge in [0.25, 0.3) is 0 Å². The van der Waals surface area contributed by atoms with Crippen molar-refractivity contribution in [1.29, 1.82) is 0 Å². The first kappa shape index (κ1) is 11.7. The van der Waals surface area contributed by atoms with Gasteiger partial charge in [-0.2, -0.15) is 4.98 Å². The van der Waals surface area contributed by atoms with Gasteiger partial charge in [0, 0.05) is 18.3 Å². The molecule has 3 aromatic heterocycles. The molecule has 0 saturated carbocycles. The van der Waals surface area contributed by atoms with E-state index in [4.69, 9.17) is 14.7 Å². The number of rotatable bonds is 4. The van der Waals surface area contributed by atoms with Gasteiger partial charge >= 0.3 is 0 Å². The predicted octanol–water partition coefficient (Wildman–Crippen LogP) is 1.60. The Morgan fingerprint density at radius 3 is 3.05 bits per heavy atom. The molecule has 3 rings (SSSR count). The summed E-state index contributed by atoms with van der Waals surface area (Å²) in [5, 5.41) is 3.88. The average Bonchev–Trinajstić information content (AvgIpc) is 3.08. The van der Waals surface area contributed by atoms with Crippen LogP contribution in [0.5, 0.6) is 0 Å². The zero-order valence-electron chi connectivity index (χ0n) is 10.3. The lowest BCUT2D eigenvalue weighted by atomic mass is 10.2. The van der Waals surface area contributed by atoms with Crippen molar-refractivity contribution in [2.75, 3.05) is 0 Å². The predicted molar refractivity (Wildman–Crippen MR) is 66.0 cm³/mol. The molecule has 3 aromatic rings. The highest BCUT2D eigenvalue weighted by molar-refractivity contribution is 5.51. The highest BCUT2D eigenvalue weighted by Gasteiger charge is 2.19. The number of nitrogens with one attached hydrogen (secondary N) is 1. The van der Waals surface area contributed by atoms with E-state index in [-0.39, 0.29) is 6.04 Å². The summed E-state index contributed by atoms with van der Waals surface area (Å²) in [4.78, 5) is 11.2. The third kappa shape index (κ3) is 2.27. The van der Waals surface area contributed by atoms with Crippen molar-refractivity contribution in [3.63, 3.8) is 0 Å². The van der Waals surface area contributed by atoms with E-state index in [2.05, 4.69) is 20.1 Å². The van der Waals surface area contributed by atoms with E-state index < -0.39 is 0 Å². The fourth-order valence-electron chi connectivity index (χ4n) is 1.80. The molecule has 7 nitrogen and oxygen atoms in total. The first-order chi connectivity index (χ1) is 9.24. The second-order valence-electron chi connectivity index (χ2n) is 4.28. The maximum atomic E-state index is 6.02. The summed E-state index contributed by atoms with van der Waals surface area (Å²) in [6.07, 6.45) is 5.46. The number of hydrogen-bond donors (Lipinski definition) is 2. The lowest BCUT2D eigenvalue weighted by molar-refractivity contribution is 0.353. The van der Waals surface area contributed by atoms with Crippen LogP contribution >= 0.6 is 0 Å². The molecule has 7 heteroatoms. The van der Waals surface area contributed by atoms with E-state index in [0.717, 1.165) is 11.3 Å². The van der Waals surface area contributed by atoms with Crippen molar-refractivity contribution >= 4 is 0 Å². The van der Waals surface area contributed by atoms with Crippen molar-refractivity contribution < 1.29 is 8.94 Å². The van der Waals surface area contributed by atoms with Crippen LogP contribution in [0.4, 0.5) is 0 Å². The molecule has 19 heavy (non-hydrogen) atoms. The van der Waals surface area contributed by atoms with Crippen LogP contribution in [0.25, 0.3) is 11.6 Å². The van der Waals surface area contributed by atoms with E-state index in [1.165, 1.54) is 0 Å². The second kappa shape index (κ2) is 4.69. The van der Waals surface area contributed by atoms with Crippen LogP contribution in [0.3, 0.4) is 0 Å². The number of nitrogens with two attached hydrogens (primary N) is 1. The van der Waals surface area contributed by atoms with Crippen molar-refractivity contribution in [2.24, 2.45) is 5.73 Å². The van der Waals surface area contributed by atoms with E-state index in [0.29, 0.717) is 23.9 Å². The minimum absolute atomic E-state index is 0.375. The molecular weight excluding hydrogens is 246 g/mol. The fourth-order valence-corrected chi connectivity index (χ4v) is 1.80. The number of furan rings is 1. The van der Waals surface area contributed by atoms with Crippen LogP contribution in [0, 0.1) is 6.92 Å². The molecule has 0 bridgehead atoms. The van der Waals surface area contributed by atoms with Crippen LogP contribution < -0.4 is 5.73 Å². The highest BCUT2D eigenvalue weighted by atomic mass is 16.5. The van der Waals surface area contributed by atoms with Crippen LogP contribution in [0.1, 0.15) is 23.2 Å². The van der Waals surface area contributed by atoms with Gasteiger partial charge in [0.05, 0.1) is 18.6 Å². The standard InChI is InChI=1S/C12H13N5O2/c1-7-2-3-18-10(7)11-16-12(19-17-11)9(13)4-8-5-14-6-15-8/h2-3,5-6,9H,4,13H2,1H3,(H,14,15)/t9-/m1/s1. The molecule has 0 amide bonds. The SMILES string of the molecule is Cc1ccoc1-c1noc([C@H](N)Cc2cnc[nH]2)n1. The molecule has 0 unspecified atom stereocenters. The number of aromatic amines is 1. The maximum Gasteiger partial charge on any atom is 0.244 e. The van der Waals surface area contributed by atoms with Gasteiger partial charge in [-0.15, -0.1) is 0 Å². The van der Waals surface area contributed by atoms with Crippen LogP contribution in [0.2, 0.25) is 0 Å². The molecule has 0 aliphatic heterocycles. The Hall–Kier alpha value is -2.41. The monoisotopic (exact) mass is 259 g/mol. The van der Waals surface area contributed by atoms with Gasteiger partial charge in [-0.1, -0.05) is 5.16 Å². The summed E-state index contributed by atoms with van der Waals surface area (Å²) >= 11 is 0. The quantitative estimate of drug-likeness (QED) is 0.737. The summed E-state index contributed by atoms with van der Waals surface area (Å²) in [7, 11) is 0. The zero-order valence-corrected chi connectivity index (χ0v) is 10.3. The van der Waals surface area contributed by atoms with Gasteiger partial charge in [0.2, 0.25) is 11.7 Å². The Kier molecular flexibility index (Phi) is 2.88. The fraction of sp³-hybridized carbons (Fsp3) is 0.250.